The standard InChI is InChI=1S/C13H22N2O4/c1-9(14)10(17)15-7-5-6-13(15,8-16)11(18)19-12(2,3)4/h8-9H,5-7,14H2,1-4H3/t9-,13-/m0/s1. The Kier molecular flexibility index (Phi) is 4.35. The van der Waals surface area contributed by atoms with Crippen LogP contribution in [0.15, 0.2) is 0 Å². The fraction of sp³-hybridized carbons (Fsp3) is 0.769. The third-order valence-corrected chi connectivity index (χ3v) is 3.02. The average Bonchev–Trinajstić information content (AvgIpc) is 2.70. The molecule has 0 radical (unpaired) electrons. The lowest BCUT2D eigenvalue weighted by atomic mass is 9.97. The zero-order valence-electron chi connectivity index (χ0n) is 11.9. The third kappa shape index (κ3) is 3.12. The van der Waals surface area contributed by atoms with Crippen LogP contribution in [-0.4, -0.2) is 46.8 Å². The zero-order chi connectivity index (χ0) is 14.8. The minimum Gasteiger partial charge on any atom is -0.458 e. The van der Waals surface area contributed by atoms with Gasteiger partial charge in [0.05, 0.1) is 6.04 Å². The molecule has 108 valence electrons. The van der Waals surface area contributed by atoms with Crippen molar-refractivity contribution in [1.29, 1.82) is 0 Å². The molecule has 2 N–H and O–H groups in total. The summed E-state index contributed by atoms with van der Waals surface area (Å²) in [4.78, 5) is 37.0. The fourth-order valence-electron chi connectivity index (χ4n) is 2.14. The molecule has 0 aliphatic carbocycles. The molecule has 0 aromatic carbocycles. The summed E-state index contributed by atoms with van der Waals surface area (Å²) < 4.78 is 5.27. The average molecular weight is 270 g/mol. The lowest BCUT2D eigenvalue weighted by Gasteiger charge is -2.34. The van der Waals surface area contributed by atoms with Crippen molar-refractivity contribution in [2.24, 2.45) is 5.73 Å². The predicted molar refractivity (Wildman–Crippen MR) is 69.2 cm³/mol. The van der Waals surface area contributed by atoms with Crippen molar-refractivity contribution in [2.45, 2.75) is 57.7 Å². The van der Waals surface area contributed by atoms with E-state index in [9.17, 15) is 14.4 Å². The highest BCUT2D eigenvalue weighted by molar-refractivity contribution is 6.03. The summed E-state index contributed by atoms with van der Waals surface area (Å²) in [7, 11) is 0. The van der Waals surface area contributed by atoms with Gasteiger partial charge in [-0.05, 0) is 40.5 Å². The molecule has 0 aromatic rings. The number of likely N-dealkylation sites (tertiary alicyclic amines) is 1. The van der Waals surface area contributed by atoms with E-state index < -0.39 is 29.1 Å². The van der Waals surface area contributed by atoms with Gasteiger partial charge < -0.3 is 20.2 Å². The lowest BCUT2D eigenvalue weighted by molar-refractivity contribution is -0.172. The normalized spacial score (nSPS) is 25.0. The van der Waals surface area contributed by atoms with Crippen LogP contribution < -0.4 is 5.73 Å². The van der Waals surface area contributed by atoms with Gasteiger partial charge in [-0.3, -0.25) is 4.79 Å². The van der Waals surface area contributed by atoms with Gasteiger partial charge in [-0.15, -0.1) is 0 Å². The molecule has 1 amide bonds. The molecule has 1 rings (SSSR count). The van der Waals surface area contributed by atoms with E-state index in [0.717, 1.165) is 0 Å². The largest absolute Gasteiger partial charge is 0.458 e. The Bertz CT molecular complexity index is 387. The summed E-state index contributed by atoms with van der Waals surface area (Å²) >= 11 is 0. The summed E-state index contributed by atoms with van der Waals surface area (Å²) in [5.74, 6) is -1.09. The van der Waals surface area contributed by atoms with Gasteiger partial charge >= 0.3 is 5.97 Å². The topological polar surface area (TPSA) is 89.7 Å². The first kappa shape index (κ1) is 15.6. The Labute approximate surface area is 113 Å². The van der Waals surface area contributed by atoms with Crippen LogP contribution in [0.25, 0.3) is 0 Å². The number of nitrogens with two attached hydrogens (primary N) is 1. The summed E-state index contributed by atoms with van der Waals surface area (Å²) in [6.45, 7) is 7.03. The second-order valence-corrected chi connectivity index (χ2v) is 5.93. The van der Waals surface area contributed by atoms with E-state index in [1.165, 1.54) is 11.8 Å². The van der Waals surface area contributed by atoms with Gasteiger partial charge in [0.1, 0.15) is 5.60 Å². The van der Waals surface area contributed by atoms with Gasteiger partial charge in [-0.2, -0.15) is 0 Å². The molecule has 0 unspecified atom stereocenters. The Morgan fingerprint density at radius 2 is 2.00 bits per heavy atom. The van der Waals surface area contributed by atoms with E-state index in [0.29, 0.717) is 19.3 Å². The molecular formula is C13H22N2O4. The van der Waals surface area contributed by atoms with Crippen LogP contribution in [0, 0.1) is 0 Å². The van der Waals surface area contributed by atoms with Crippen molar-refractivity contribution in [3.05, 3.63) is 0 Å². The molecule has 0 bridgehead atoms. The number of carbonyl (C=O) groups is 3. The monoisotopic (exact) mass is 270 g/mol. The van der Waals surface area contributed by atoms with Gasteiger partial charge in [0.25, 0.3) is 0 Å². The first-order valence-electron chi connectivity index (χ1n) is 6.41. The van der Waals surface area contributed by atoms with Crippen molar-refractivity contribution in [1.82, 2.24) is 4.90 Å². The predicted octanol–water partition coefficient (Wildman–Crippen LogP) is 0.235. The van der Waals surface area contributed by atoms with Gasteiger partial charge in [0.15, 0.2) is 11.8 Å². The Morgan fingerprint density at radius 3 is 2.42 bits per heavy atom. The van der Waals surface area contributed by atoms with Crippen LogP contribution in [0.4, 0.5) is 0 Å². The first-order chi connectivity index (χ1) is 8.64. The lowest BCUT2D eigenvalue weighted by Crippen LogP contribution is -2.59. The smallest absolute Gasteiger partial charge is 0.340 e. The Hall–Kier alpha value is -1.43. The van der Waals surface area contributed by atoms with Crippen LogP contribution in [-0.2, 0) is 19.1 Å². The van der Waals surface area contributed by atoms with Crippen molar-refractivity contribution in [3.63, 3.8) is 0 Å². The third-order valence-electron chi connectivity index (χ3n) is 3.02. The summed E-state index contributed by atoms with van der Waals surface area (Å²) in [5, 5.41) is 0. The molecule has 1 heterocycles. The van der Waals surface area contributed by atoms with Crippen molar-refractivity contribution in [3.8, 4) is 0 Å². The molecule has 0 spiro atoms. The van der Waals surface area contributed by atoms with E-state index in [4.69, 9.17) is 10.5 Å². The molecule has 1 saturated heterocycles. The Morgan fingerprint density at radius 1 is 1.42 bits per heavy atom. The van der Waals surface area contributed by atoms with Crippen molar-refractivity contribution < 1.29 is 19.1 Å². The second-order valence-electron chi connectivity index (χ2n) is 5.93. The number of rotatable bonds is 3. The minimum atomic E-state index is -1.52. The van der Waals surface area contributed by atoms with Crippen LogP contribution >= 0.6 is 0 Å². The Balaban J connectivity index is 3.04. The van der Waals surface area contributed by atoms with Crippen LogP contribution in [0.1, 0.15) is 40.5 Å². The summed E-state index contributed by atoms with van der Waals surface area (Å²) in [5.41, 5.74) is 3.33. The van der Waals surface area contributed by atoms with E-state index in [2.05, 4.69) is 0 Å². The van der Waals surface area contributed by atoms with Crippen LogP contribution in [0.3, 0.4) is 0 Å². The zero-order valence-corrected chi connectivity index (χ0v) is 11.9. The summed E-state index contributed by atoms with van der Waals surface area (Å²) in [6.07, 6.45) is 1.37. The van der Waals surface area contributed by atoms with Crippen LogP contribution in [0.5, 0.6) is 0 Å². The highest BCUT2D eigenvalue weighted by Crippen LogP contribution is 2.31. The highest BCUT2D eigenvalue weighted by atomic mass is 16.6. The molecule has 6 heteroatoms. The summed E-state index contributed by atoms with van der Waals surface area (Å²) in [6, 6.07) is -0.750. The van der Waals surface area contributed by atoms with Gasteiger partial charge in [-0.1, -0.05) is 0 Å². The number of aldehydes is 1. The van der Waals surface area contributed by atoms with E-state index in [-0.39, 0.29) is 6.42 Å². The maximum atomic E-state index is 12.3. The fourth-order valence-corrected chi connectivity index (χ4v) is 2.14. The first-order valence-corrected chi connectivity index (χ1v) is 6.41. The molecule has 6 nitrogen and oxygen atoms in total. The number of esters is 1. The maximum absolute atomic E-state index is 12.3. The van der Waals surface area contributed by atoms with Crippen molar-refractivity contribution >= 4 is 18.2 Å². The minimum absolute atomic E-state index is 0.282. The van der Waals surface area contributed by atoms with E-state index in [1.807, 2.05) is 0 Å². The molecule has 2 atom stereocenters. The molecule has 1 aliphatic heterocycles. The molecular weight excluding hydrogens is 248 g/mol. The van der Waals surface area contributed by atoms with E-state index in [1.54, 1.807) is 20.8 Å². The number of hydrogen-bond donors (Lipinski definition) is 1. The molecule has 1 fully saturated rings. The highest BCUT2D eigenvalue weighted by Gasteiger charge is 2.52. The maximum Gasteiger partial charge on any atom is 0.340 e. The molecule has 0 aromatic heterocycles. The number of ether oxygens (including phenoxy) is 1. The quantitative estimate of drug-likeness (QED) is 0.450. The SMILES string of the molecule is C[C@H](N)C(=O)N1CCC[C@]1(C=O)C(=O)OC(C)(C)C. The van der Waals surface area contributed by atoms with Crippen molar-refractivity contribution in [2.75, 3.05) is 6.54 Å². The number of amides is 1. The van der Waals surface area contributed by atoms with Crippen LogP contribution in [0.2, 0.25) is 0 Å². The second kappa shape index (κ2) is 5.28. The number of nitrogens with zero attached hydrogens (tertiary/aromatic N) is 1. The van der Waals surface area contributed by atoms with Gasteiger partial charge in [0, 0.05) is 6.54 Å². The number of carbonyl (C=O) groups excluding carboxylic acids is 3. The van der Waals surface area contributed by atoms with Gasteiger partial charge in [-0.25, -0.2) is 4.79 Å². The molecule has 19 heavy (non-hydrogen) atoms. The molecule has 0 saturated carbocycles. The number of hydrogen-bond acceptors (Lipinski definition) is 5. The van der Waals surface area contributed by atoms with Gasteiger partial charge in [0.2, 0.25) is 5.91 Å². The van der Waals surface area contributed by atoms with E-state index >= 15 is 0 Å². The molecule has 1 aliphatic rings.